The van der Waals surface area contributed by atoms with Gasteiger partial charge in [0.05, 0.1) is 12.1 Å². The molecule has 1 saturated carbocycles. The molecular formula is C15H21N3O2. The van der Waals surface area contributed by atoms with Gasteiger partial charge in [-0.1, -0.05) is 17.7 Å². The lowest BCUT2D eigenvalue weighted by atomic mass is 9.69. The minimum Gasteiger partial charge on any atom is -0.376 e. The zero-order valence-corrected chi connectivity index (χ0v) is 11.6. The molecule has 4 atom stereocenters. The van der Waals surface area contributed by atoms with E-state index >= 15 is 0 Å². The molecular weight excluding hydrogens is 254 g/mol. The lowest BCUT2D eigenvalue weighted by Gasteiger charge is -2.52. The Hall–Kier alpha value is -1.59. The zero-order valence-electron chi connectivity index (χ0n) is 11.6. The summed E-state index contributed by atoms with van der Waals surface area (Å²) in [6.07, 6.45) is 2.25. The van der Waals surface area contributed by atoms with Gasteiger partial charge in [0.2, 0.25) is 0 Å². The Bertz CT molecular complexity index is 488. The number of nitrogens with two attached hydrogens (primary N) is 1. The van der Waals surface area contributed by atoms with Gasteiger partial charge in [0.1, 0.15) is 0 Å². The quantitative estimate of drug-likeness (QED) is 0.767. The Balaban J connectivity index is 1.55. The van der Waals surface area contributed by atoms with Crippen LogP contribution in [0.2, 0.25) is 0 Å². The van der Waals surface area contributed by atoms with Gasteiger partial charge in [-0.15, -0.1) is 0 Å². The molecule has 4 unspecified atom stereocenters. The Labute approximate surface area is 118 Å². The SMILES string of the molecule is Cc1ccc(NC(=O)NC2C(N)C3CCCOC32)cc1. The van der Waals surface area contributed by atoms with Crippen LogP contribution >= 0.6 is 0 Å². The number of rotatable bonds is 2. The van der Waals surface area contributed by atoms with E-state index in [2.05, 4.69) is 10.6 Å². The van der Waals surface area contributed by atoms with E-state index in [9.17, 15) is 4.79 Å². The van der Waals surface area contributed by atoms with E-state index in [1.807, 2.05) is 31.2 Å². The zero-order chi connectivity index (χ0) is 14.1. The standard InChI is InChI=1S/C15H21N3O2/c1-9-4-6-10(7-5-9)17-15(19)18-13-12(16)11-3-2-8-20-14(11)13/h4-7,11-14H,2-3,8,16H2,1H3,(H2,17,18,19). The lowest BCUT2D eigenvalue weighted by Crippen LogP contribution is -2.72. The van der Waals surface area contributed by atoms with Gasteiger partial charge in [-0.25, -0.2) is 4.79 Å². The summed E-state index contributed by atoms with van der Waals surface area (Å²) in [4.78, 5) is 12.0. The van der Waals surface area contributed by atoms with Crippen LogP contribution in [0.3, 0.4) is 0 Å². The molecule has 5 nitrogen and oxygen atoms in total. The first kappa shape index (κ1) is 13.4. The van der Waals surface area contributed by atoms with Crippen LogP contribution in [0, 0.1) is 12.8 Å². The number of fused-ring (bicyclic) bond motifs is 1. The fraction of sp³-hybridized carbons (Fsp3) is 0.533. The number of aryl methyl sites for hydroxylation is 1. The number of nitrogens with one attached hydrogen (secondary N) is 2. The molecule has 0 aromatic heterocycles. The average Bonchev–Trinajstić information content (AvgIpc) is 2.47. The second kappa shape index (κ2) is 5.42. The maximum atomic E-state index is 12.0. The maximum Gasteiger partial charge on any atom is 0.319 e. The molecule has 1 heterocycles. The van der Waals surface area contributed by atoms with E-state index in [1.165, 1.54) is 0 Å². The second-order valence-electron chi connectivity index (χ2n) is 5.71. The summed E-state index contributed by atoms with van der Waals surface area (Å²) in [7, 11) is 0. The number of hydrogen-bond donors (Lipinski definition) is 3. The number of carbonyl (C=O) groups excluding carboxylic acids is 1. The molecule has 4 N–H and O–H groups in total. The van der Waals surface area contributed by atoms with Crippen molar-refractivity contribution in [2.24, 2.45) is 11.7 Å². The molecule has 2 amide bonds. The number of anilines is 1. The molecule has 0 spiro atoms. The first-order valence-electron chi connectivity index (χ1n) is 7.16. The van der Waals surface area contributed by atoms with Gasteiger partial charge in [0.25, 0.3) is 0 Å². The van der Waals surface area contributed by atoms with Crippen LogP contribution in [0.25, 0.3) is 0 Å². The molecule has 1 aliphatic carbocycles. The van der Waals surface area contributed by atoms with Crippen LogP contribution in [0.15, 0.2) is 24.3 Å². The first-order chi connectivity index (χ1) is 9.65. The topological polar surface area (TPSA) is 76.4 Å². The summed E-state index contributed by atoms with van der Waals surface area (Å²) < 4.78 is 5.70. The van der Waals surface area contributed by atoms with Crippen molar-refractivity contribution in [1.82, 2.24) is 5.32 Å². The molecule has 0 radical (unpaired) electrons. The van der Waals surface area contributed by atoms with Crippen LogP contribution in [0.1, 0.15) is 18.4 Å². The van der Waals surface area contributed by atoms with Crippen molar-refractivity contribution in [1.29, 1.82) is 0 Å². The van der Waals surface area contributed by atoms with Crippen LogP contribution in [0.4, 0.5) is 10.5 Å². The number of amides is 2. The van der Waals surface area contributed by atoms with Gasteiger partial charge in [-0.3, -0.25) is 0 Å². The summed E-state index contributed by atoms with van der Waals surface area (Å²) in [6, 6.07) is 7.40. The van der Waals surface area contributed by atoms with E-state index in [4.69, 9.17) is 10.5 Å². The first-order valence-corrected chi connectivity index (χ1v) is 7.16. The van der Waals surface area contributed by atoms with E-state index < -0.39 is 0 Å². The number of carbonyl (C=O) groups is 1. The van der Waals surface area contributed by atoms with Gasteiger partial charge in [0, 0.05) is 24.3 Å². The number of benzene rings is 1. The van der Waals surface area contributed by atoms with Crippen LogP contribution in [0.5, 0.6) is 0 Å². The van der Waals surface area contributed by atoms with Gasteiger partial charge < -0.3 is 21.1 Å². The molecule has 5 heteroatoms. The number of urea groups is 1. The molecule has 1 aromatic carbocycles. The molecule has 0 bridgehead atoms. The Morgan fingerprint density at radius 2 is 2.10 bits per heavy atom. The van der Waals surface area contributed by atoms with E-state index in [1.54, 1.807) is 0 Å². The molecule has 1 saturated heterocycles. The fourth-order valence-corrected chi connectivity index (χ4v) is 3.08. The van der Waals surface area contributed by atoms with Crippen LogP contribution in [-0.2, 0) is 4.74 Å². The third kappa shape index (κ3) is 2.51. The highest BCUT2D eigenvalue weighted by Crippen LogP contribution is 2.36. The van der Waals surface area contributed by atoms with Crippen molar-refractivity contribution in [2.75, 3.05) is 11.9 Å². The normalized spacial score (nSPS) is 31.9. The van der Waals surface area contributed by atoms with E-state index in [-0.39, 0.29) is 24.2 Å². The summed E-state index contributed by atoms with van der Waals surface area (Å²) in [5.41, 5.74) is 8.06. The summed E-state index contributed by atoms with van der Waals surface area (Å²) >= 11 is 0. The molecule has 1 aromatic rings. The summed E-state index contributed by atoms with van der Waals surface area (Å²) in [5, 5.41) is 5.75. The molecule has 2 aliphatic rings. The molecule has 3 rings (SSSR count). The second-order valence-corrected chi connectivity index (χ2v) is 5.71. The summed E-state index contributed by atoms with van der Waals surface area (Å²) in [5.74, 6) is 0.397. The van der Waals surface area contributed by atoms with Crippen molar-refractivity contribution in [3.8, 4) is 0 Å². The van der Waals surface area contributed by atoms with E-state index in [0.717, 1.165) is 30.7 Å². The molecule has 108 valence electrons. The molecule has 1 aliphatic heterocycles. The molecule has 2 fully saturated rings. The maximum absolute atomic E-state index is 12.0. The van der Waals surface area contributed by atoms with Crippen molar-refractivity contribution < 1.29 is 9.53 Å². The third-order valence-electron chi connectivity index (χ3n) is 4.28. The lowest BCUT2D eigenvalue weighted by molar-refractivity contribution is -0.116. The predicted molar refractivity (Wildman–Crippen MR) is 77.6 cm³/mol. The van der Waals surface area contributed by atoms with Gasteiger partial charge in [-0.2, -0.15) is 0 Å². The number of hydrogen-bond acceptors (Lipinski definition) is 3. The predicted octanol–water partition coefficient (Wildman–Crippen LogP) is 1.62. The van der Waals surface area contributed by atoms with E-state index in [0.29, 0.717) is 5.92 Å². The fourth-order valence-electron chi connectivity index (χ4n) is 3.08. The highest BCUT2D eigenvalue weighted by atomic mass is 16.5. The van der Waals surface area contributed by atoms with Crippen LogP contribution < -0.4 is 16.4 Å². The van der Waals surface area contributed by atoms with Crippen molar-refractivity contribution in [3.63, 3.8) is 0 Å². The van der Waals surface area contributed by atoms with Crippen molar-refractivity contribution >= 4 is 11.7 Å². The minimum atomic E-state index is -0.220. The number of ether oxygens (including phenoxy) is 1. The largest absolute Gasteiger partial charge is 0.376 e. The average molecular weight is 275 g/mol. The highest BCUT2D eigenvalue weighted by molar-refractivity contribution is 5.89. The van der Waals surface area contributed by atoms with Gasteiger partial charge >= 0.3 is 6.03 Å². The van der Waals surface area contributed by atoms with Gasteiger partial charge in [-0.05, 0) is 31.9 Å². The third-order valence-corrected chi connectivity index (χ3v) is 4.28. The summed E-state index contributed by atoms with van der Waals surface area (Å²) in [6.45, 7) is 2.78. The monoisotopic (exact) mass is 275 g/mol. The molecule has 20 heavy (non-hydrogen) atoms. The van der Waals surface area contributed by atoms with Gasteiger partial charge in [0.15, 0.2) is 0 Å². The Morgan fingerprint density at radius 1 is 1.35 bits per heavy atom. The highest BCUT2D eigenvalue weighted by Gasteiger charge is 2.51. The van der Waals surface area contributed by atoms with Crippen LogP contribution in [-0.4, -0.2) is 30.8 Å². The minimum absolute atomic E-state index is 0.00377. The Morgan fingerprint density at radius 3 is 2.85 bits per heavy atom. The smallest absolute Gasteiger partial charge is 0.319 e. The van der Waals surface area contributed by atoms with Crippen molar-refractivity contribution in [3.05, 3.63) is 29.8 Å². The Kier molecular flexibility index (Phi) is 3.63. The van der Waals surface area contributed by atoms with Crippen molar-refractivity contribution in [2.45, 2.75) is 38.0 Å².